The Labute approximate surface area is 174 Å². The highest BCUT2D eigenvalue weighted by molar-refractivity contribution is 5.61. The molecule has 0 atom stereocenters. The van der Waals surface area contributed by atoms with Crippen LogP contribution in [0.3, 0.4) is 0 Å². The Hall–Kier alpha value is -3.82. The van der Waals surface area contributed by atoms with E-state index in [2.05, 4.69) is 16.0 Å². The number of fused-ring (bicyclic) bond motifs is 1. The number of hydrogen-bond donors (Lipinski definition) is 0. The smallest absolute Gasteiger partial charge is 0.195 e. The van der Waals surface area contributed by atoms with Crippen LogP contribution in [0, 0.1) is 11.3 Å². The molecule has 5 rings (SSSR count). The maximum Gasteiger partial charge on any atom is 0.195 e. The van der Waals surface area contributed by atoms with Gasteiger partial charge in [0.25, 0.3) is 0 Å². The Morgan fingerprint density at radius 1 is 1.07 bits per heavy atom. The molecule has 0 radical (unpaired) electrons. The number of pyridine rings is 1. The molecule has 0 amide bonds. The second-order valence-electron chi connectivity index (χ2n) is 7.31. The summed E-state index contributed by atoms with van der Waals surface area (Å²) in [5.74, 6) is 1.34. The van der Waals surface area contributed by atoms with Crippen molar-refractivity contribution in [2.24, 2.45) is 0 Å². The van der Waals surface area contributed by atoms with Crippen LogP contribution < -0.4 is 0 Å². The largest absolute Gasteiger partial charge is 0.461 e. The standard InChI is InChI=1S/C24H19N5O/c25-13-17-4-1-5-18(12-17)21-7-2-6-20(27-21)16-29-10-9-22-19(15-29)14-26-24(28-22)23-8-3-11-30-23/h1-8,11-12,14H,9-10,15-16H2. The second kappa shape index (κ2) is 7.90. The van der Waals surface area contributed by atoms with E-state index < -0.39 is 0 Å². The molecule has 6 nitrogen and oxygen atoms in total. The molecule has 30 heavy (non-hydrogen) atoms. The van der Waals surface area contributed by atoms with Crippen molar-refractivity contribution in [3.8, 4) is 28.9 Å². The van der Waals surface area contributed by atoms with E-state index in [0.29, 0.717) is 17.1 Å². The molecule has 0 bridgehead atoms. The summed E-state index contributed by atoms with van der Waals surface area (Å²) in [5.41, 5.74) is 5.72. The van der Waals surface area contributed by atoms with E-state index >= 15 is 0 Å². The van der Waals surface area contributed by atoms with Crippen molar-refractivity contribution < 1.29 is 4.42 Å². The summed E-state index contributed by atoms with van der Waals surface area (Å²) in [6, 6.07) is 19.5. The summed E-state index contributed by atoms with van der Waals surface area (Å²) in [6.45, 7) is 2.46. The van der Waals surface area contributed by atoms with Gasteiger partial charge < -0.3 is 4.42 Å². The summed E-state index contributed by atoms with van der Waals surface area (Å²) >= 11 is 0. The summed E-state index contributed by atoms with van der Waals surface area (Å²) in [7, 11) is 0. The zero-order valence-electron chi connectivity index (χ0n) is 16.3. The Kier molecular flexibility index (Phi) is 4.80. The van der Waals surface area contributed by atoms with Crippen molar-refractivity contribution in [3.63, 3.8) is 0 Å². The van der Waals surface area contributed by atoms with Crippen LogP contribution in [-0.4, -0.2) is 26.4 Å². The lowest BCUT2D eigenvalue weighted by Gasteiger charge is -2.27. The van der Waals surface area contributed by atoms with Gasteiger partial charge >= 0.3 is 0 Å². The Morgan fingerprint density at radius 3 is 2.87 bits per heavy atom. The molecular weight excluding hydrogens is 374 g/mol. The van der Waals surface area contributed by atoms with E-state index in [1.54, 1.807) is 12.3 Å². The maximum atomic E-state index is 9.14. The molecule has 0 saturated heterocycles. The summed E-state index contributed by atoms with van der Waals surface area (Å²) in [6.07, 6.45) is 4.41. The first-order valence-corrected chi connectivity index (χ1v) is 9.86. The molecule has 0 fully saturated rings. The van der Waals surface area contributed by atoms with Gasteiger partial charge in [-0.1, -0.05) is 18.2 Å². The number of nitrogens with zero attached hydrogens (tertiary/aromatic N) is 5. The van der Waals surface area contributed by atoms with Gasteiger partial charge in [-0.2, -0.15) is 5.26 Å². The molecule has 0 aliphatic carbocycles. The average Bonchev–Trinajstić information content (AvgIpc) is 3.34. The van der Waals surface area contributed by atoms with Gasteiger partial charge in [0.15, 0.2) is 11.6 Å². The molecule has 1 aromatic carbocycles. The third-order valence-corrected chi connectivity index (χ3v) is 5.23. The molecule has 0 spiro atoms. The normalized spacial score (nSPS) is 13.6. The second-order valence-corrected chi connectivity index (χ2v) is 7.31. The lowest BCUT2D eigenvalue weighted by Crippen LogP contribution is -2.31. The van der Waals surface area contributed by atoms with Crippen LogP contribution in [0.1, 0.15) is 22.5 Å². The maximum absolute atomic E-state index is 9.14. The van der Waals surface area contributed by atoms with Crippen LogP contribution >= 0.6 is 0 Å². The number of rotatable bonds is 4. The van der Waals surface area contributed by atoms with Crippen LogP contribution in [0.4, 0.5) is 0 Å². The predicted octanol–water partition coefficient (Wildman–Crippen LogP) is 4.23. The van der Waals surface area contributed by atoms with Crippen molar-refractivity contribution in [1.82, 2.24) is 19.9 Å². The first-order chi connectivity index (χ1) is 14.8. The molecule has 0 saturated carbocycles. The molecular formula is C24H19N5O. The lowest BCUT2D eigenvalue weighted by molar-refractivity contribution is 0.240. The van der Waals surface area contributed by atoms with Gasteiger partial charge in [-0.25, -0.2) is 9.97 Å². The zero-order valence-corrected chi connectivity index (χ0v) is 16.3. The monoisotopic (exact) mass is 393 g/mol. The molecule has 1 aliphatic heterocycles. The van der Waals surface area contributed by atoms with E-state index in [1.807, 2.05) is 54.7 Å². The number of aromatic nitrogens is 3. The summed E-state index contributed by atoms with van der Waals surface area (Å²) in [4.78, 5) is 16.3. The van der Waals surface area contributed by atoms with Gasteiger partial charge in [-0.05, 0) is 36.4 Å². The Morgan fingerprint density at radius 2 is 2.00 bits per heavy atom. The fourth-order valence-corrected chi connectivity index (χ4v) is 3.74. The van der Waals surface area contributed by atoms with E-state index in [4.69, 9.17) is 19.6 Å². The molecule has 4 heterocycles. The van der Waals surface area contributed by atoms with Crippen LogP contribution in [0.2, 0.25) is 0 Å². The van der Waals surface area contributed by atoms with Crippen molar-refractivity contribution >= 4 is 0 Å². The molecule has 1 aliphatic rings. The predicted molar refractivity (Wildman–Crippen MR) is 112 cm³/mol. The van der Waals surface area contributed by atoms with Crippen molar-refractivity contribution in [3.05, 3.63) is 89.6 Å². The van der Waals surface area contributed by atoms with E-state index in [0.717, 1.165) is 54.3 Å². The lowest BCUT2D eigenvalue weighted by atomic mass is 10.1. The minimum Gasteiger partial charge on any atom is -0.461 e. The topological polar surface area (TPSA) is 78.8 Å². The van der Waals surface area contributed by atoms with Crippen LogP contribution in [0.25, 0.3) is 22.8 Å². The highest BCUT2D eigenvalue weighted by atomic mass is 16.3. The van der Waals surface area contributed by atoms with Crippen molar-refractivity contribution in [2.45, 2.75) is 19.5 Å². The average molecular weight is 393 g/mol. The van der Waals surface area contributed by atoms with E-state index in [9.17, 15) is 0 Å². The quantitative estimate of drug-likeness (QED) is 0.516. The number of hydrogen-bond acceptors (Lipinski definition) is 6. The van der Waals surface area contributed by atoms with Gasteiger partial charge in [0.1, 0.15) is 0 Å². The van der Waals surface area contributed by atoms with Gasteiger partial charge in [0.05, 0.1) is 35.0 Å². The molecule has 3 aromatic heterocycles. The summed E-state index contributed by atoms with van der Waals surface area (Å²) < 4.78 is 5.41. The van der Waals surface area contributed by atoms with E-state index in [1.165, 1.54) is 0 Å². The third kappa shape index (κ3) is 3.71. The van der Waals surface area contributed by atoms with Gasteiger partial charge in [-0.15, -0.1) is 0 Å². The Bertz CT molecular complexity index is 1230. The fourth-order valence-electron chi connectivity index (χ4n) is 3.74. The first kappa shape index (κ1) is 18.2. The van der Waals surface area contributed by atoms with Gasteiger partial charge in [-0.3, -0.25) is 9.88 Å². The van der Waals surface area contributed by atoms with Gasteiger partial charge in [0.2, 0.25) is 0 Å². The zero-order chi connectivity index (χ0) is 20.3. The molecule has 146 valence electrons. The highest BCUT2D eigenvalue weighted by Crippen LogP contribution is 2.23. The highest BCUT2D eigenvalue weighted by Gasteiger charge is 2.20. The van der Waals surface area contributed by atoms with Crippen LogP contribution in [0.5, 0.6) is 0 Å². The van der Waals surface area contributed by atoms with Crippen molar-refractivity contribution in [2.75, 3.05) is 6.54 Å². The van der Waals surface area contributed by atoms with Crippen LogP contribution in [-0.2, 0) is 19.5 Å². The molecule has 4 aromatic rings. The minimum atomic E-state index is 0.640. The minimum absolute atomic E-state index is 0.640. The number of benzene rings is 1. The third-order valence-electron chi connectivity index (χ3n) is 5.23. The van der Waals surface area contributed by atoms with Crippen LogP contribution in [0.15, 0.2) is 71.5 Å². The SMILES string of the molecule is N#Cc1cccc(-c2cccc(CN3CCc4nc(-c5ccco5)ncc4C3)n2)c1. The number of furan rings is 1. The first-order valence-electron chi connectivity index (χ1n) is 9.86. The number of nitriles is 1. The molecule has 0 unspecified atom stereocenters. The Balaban J connectivity index is 1.32. The molecule has 6 heteroatoms. The van der Waals surface area contributed by atoms with Gasteiger partial charge in [0, 0.05) is 43.4 Å². The van der Waals surface area contributed by atoms with E-state index in [-0.39, 0.29) is 0 Å². The van der Waals surface area contributed by atoms with Crippen molar-refractivity contribution in [1.29, 1.82) is 5.26 Å². The summed E-state index contributed by atoms with van der Waals surface area (Å²) in [5, 5.41) is 9.14. The molecule has 0 N–H and O–H groups in total. The fraction of sp³-hybridized carbons (Fsp3) is 0.167.